The number of hydrogen-bond donors (Lipinski definition) is 3. The number of aliphatic hydroxyl groups excluding tert-OH is 2. The number of aliphatic hydroxyl groups is 2. The SMILES string of the molecule is CC(CO)(CO)NCCOCC(F)(F)F. The van der Waals surface area contributed by atoms with E-state index in [0.717, 1.165) is 0 Å². The molecule has 0 unspecified atom stereocenters. The largest absolute Gasteiger partial charge is 0.411 e. The van der Waals surface area contributed by atoms with Crippen LogP contribution in [0.5, 0.6) is 0 Å². The van der Waals surface area contributed by atoms with Gasteiger partial charge >= 0.3 is 6.18 Å². The Labute approximate surface area is 86.0 Å². The molecule has 7 heteroatoms. The van der Waals surface area contributed by atoms with E-state index in [1.54, 1.807) is 6.92 Å². The van der Waals surface area contributed by atoms with Crippen LogP contribution in [0.1, 0.15) is 6.92 Å². The van der Waals surface area contributed by atoms with Crippen molar-refractivity contribution < 1.29 is 28.1 Å². The van der Waals surface area contributed by atoms with Crippen molar-refractivity contribution in [2.45, 2.75) is 18.6 Å². The molecule has 92 valence electrons. The molecule has 0 saturated carbocycles. The van der Waals surface area contributed by atoms with Crippen LogP contribution in [-0.2, 0) is 4.74 Å². The van der Waals surface area contributed by atoms with Gasteiger partial charge < -0.3 is 20.3 Å². The van der Waals surface area contributed by atoms with E-state index in [9.17, 15) is 13.2 Å². The highest BCUT2D eigenvalue weighted by Gasteiger charge is 2.27. The van der Waals surface area contributed by atoms with Gasteiger partial charge in [0.05, 0.1) is 25.4 Å². The van der Waals surface area contributed by atoms with Crippen molar-refractivity contribution >= 4 is 0 Å². The summed E-state index contributed by atoms with van der Waals surface area (Å²) in [7, 11) is 0. The van der Waals surface area contributed by atoms with Gasteiger partial charge in [-0.2, -0.15) is 13.2 Å². The van der Waals surface area contributed by atoms with Crippen LogP contribution in [0, 0.1) is 0 Å². The molecule has 0 atom stereocenters. The summed E-state index contributed by atoms with van der Waals surface area (Å²) in [6, 6.07) is 0. The number of hydrogen-bond acceptors (Lipinski definition) is 4. The van der Waals surface area contributed by atoms with Crippen molar-refractivity contribution in [2.24, 2.45) is 0 Å². The standard InChI is InChI=1S/C8H16F3NO3/c1-7(4-13,5-14)12-2-3-15-6-8(9,10)11/h12-14H,2-6H2,1H3. The predicted molar refractivity (Wildman–Crippen MR) is 47.5 cm³/mol. The van der Waals surface area contributed by atoms with E-state index < -0.39 is 18.3 Å². The molecule has 0 aliphatic rings. The van der Waals surface area contributed by atoms with Gasteiger partial charge in [-0.05, 0) is 6.92 Å². The third kappa shape index (κ3) is 7.55. The van der Waals surface area contributed by atoms with Crippen LogP contribution < -0.4 is 5.32 Å². The summed E-state index contributed by atoms with van der Waals surface area (Å²) >= 11 is 0. The summed E-state index contributed by atoms with van der Waals surface area (Å²) in [5, 5.41) is 20.3. The topological polar surface area (TPSA) is 61.7 Å². The van der Waals surface area contributed by atoms with Crippen molar-refractivity contribution in [3.05, 3.63) is 0 Å². The Kier molecular flexibility index (Phi) is 6.11. The quantitative estimate of drug-likeness (QED) is 0.535. The smallest absolute Gasteiger partial charge is 0.394 e. The van der Waals surface area contributed by atoms with Gasteiger partial charge in [0.25, 0.3) is 0 Å². The van der Waals surface area contributed by atoms with Crippen LogP contribution in [-0.4, -0.2) is 54.9 Å². The number of halogens is 3. The summed E-state index contributed by atoms with van der Waals surface area (Å²) in [6.45, 7) is -0.339. The molecule has 0 aromatic carbocycles. The molecular weight excluding hydrogens is 215 g/mol. The maximum absolute atomic E-state index is 11.6. The fourth-order valence-electron chi connectivity index (χ4n) is 0.775. The highest BCUT2D eigenvalue weighted by Crippen LogP contribution is 2.14. The first kappa shape index (κ1) is 14.6. The molecule has 0 amide bonds. The summed E-state index contributed by atoms with van der Waals surface area (Å²) in [5.41, 5.74) is -0.887. The van der Waals surface area contributed by atoms with E-state index >= 15 is 0 Å². The maximum atomic E-state index is 11.6. The van der Waals surface area contributed by atoms with E-state index in [2.05, 4.69) is 10.1 Å². The molecule has 0 aromatic rings. The predicted octanol–water partition coefficient (Wildman–Crippen LogP) is -0.102. The van der Waals surface area contributed by atoms with Crippen LogP contribution in [0.25, 0.3) is 0 Å². The van der Waals surface area contributed by atoms with Gasteiger partial charge in [0, 0.05) is 6.54 Å². The third-order valence-corrected chi connectivity index (χ3v) is 1.76. The molecule has 0 heterocycles. The Bertz CT molecular complexity index is 171. The fourth-order valence-corrected chi connectivity index (χ4v) is 0.775. The zero-order valence-electron chi connectivity index (χ0n) is 8.47. The lowest BCUT2D eigenvalue weighted by atomic mass is 10.1. The molecular formula is C8H16F3NO3. The first-order chi connectivity index (χ1) is 6.83. The van der Waals surface area contributed by atoms with Crippen molar-refractivity contribution in [1.82, 2.24) is 5.32 Å². The van der Waals surface area contributed by atoms with Crippen LogP contribution in [0.3, 0.4) is 0 Å². The third-order valence-electron chi connectivity index (χ3n) is 1.76. The Morgan fingerprint density at radius 2 is 1.73 bits per heavy atom. The van der Waals surface area contributed by atoms with E-state index in [1.165, 1.54) is 0 Å². The van der Waals surface area contributed by atoms with Gasteiger partial charge in [-0.15, -0.1) is 0 Å². The highest BCUT2D eigenvalue weighted by atomic mass is 19.4. The van der Waals surface area contributed by atoms with E-state index in [4.69, 9.17) is 10.2 Å². The Hall–Kier alpha value is -0.370. The van der Waals surface area contributed by atoms with Crippen molar-refractivity contribution in [3.8, 4) is 0 Å². The summed E-state index contributed by atoms with van der Waals surface area (Å²) in [5.74, 6) is 0. The first-order valence-corrected chi connectivity index (χ1v) is 4.44. The molecule has 0 aromatic heterocycles. The van der Waals surface area contributed by atoms with Gasteiger partial charge in [0.1, 0.15) is 6.61 Å². The average molecular weight is 231 g/mol. The molecule has 0 aliphatic carbocycles. The summed E-state index contributed by atoms with van der Waals surface area (Å²) in [6.07, 6.45) is -4.32. The molecule has 0 rings (SSSR count). The molecule has 0 spiro atoms. The Balaban J connectivity index is 3.54. The van der Waals surface area contributed by atoms with Gasteiger partial charge in [0.2, 0.25) is 0 Å². The summed E-state index contributed by atoms with van der Waals surface area (Å²) < 4.78 is 39.2. The Morgan fingerprint density at radius 1 is 1.20 bits per heavy atom. The number of nitrogens with one attached hydrogen (secondary N) is 1. The molecule has 0 aliphatic heterocycles. The van der Waals surface area contributed by atoms with Crippen molar-refractivity contribution in [3.63, 3.8) is 0 Å². The maximum Gasteiger partial charge on any atom is 0.411 e. The van der Waals surface area contributed by atoms with Crippen molar-refractivity contribution in [1.29, 1.82) is 0 Å². The molecule has 15 heavy (non-hydrogen) atoms. The van der Waals surface area contributed by atoms with Gasteiger partial charge in [-0.3, -0.25) is 0 Å². The fraction of sp³-hybridized carbons (Fsp3) is 1.00. The van der Waals surface area contributed by atoms with Crippen molar-refractivity contribution in [2.75, 3.05) is 33.0 Å². The number of ether oxygens (including phenoxy) is 1. The zero-order chi connectivity index (χ0) is 11.9. The number of alkyl halides is 3. The second-order valence-electron chi connectivity index (χ2n) is 3.47. The Morgan fingerprint density at radius 3 is 2.13 bits per heavy atom. The van der Waals surface area contributed by atoms with Crippen LogP contribution in [0.4, 0.5) is 13.2 Å². The molecule has 4 nitrogen and oxygen atoms in total. The molecule has 0 fully saturated rings. The minimum absolute atomic E-state index is 0.130. The normalized spacial score (nSPS) is 13.2. The zero-order valence-corrected chi connectivity index (χ0v) is 8.47. The number of rotatable bonds is 7. The second-order valence-corrected chi connectivity index (χ2v) is 3.47. The molecule has 0 saturated heterocycles. The van der Waals surface area contributed by atoms with Gasteiger partial charge in [-0.1, -0.05) is 0 Å². The van der Waals surface area contributed by atoms with Crippen LogP contribution >= 0.6 is 0 Å². The van der Waals surface area contributed by atoms with Gasteiger partial charge in [0.15, 0.2) is 0 Å². The van der Waals surface area contributed by atoms with Crippen LogP contribution in [0.15, 0.2) is 0 Å². The average Bonchev–Trinajstić information content (AvgIpc) is 2.15. The minimum atomic E-state index is -4.32. The minimum Gasteiger partial charge on any atom is -0.394 e. The lowest BCUT2D eigenvalue weighted by Gasteiger charge is -2.26. The van der Waals surface area contributed by atoms with E-state index in [-0.39, 0.29) is 26.4 Å². The molecule has 0 radical (unpaired) electrons. The van der Waals surface area contributed by atoms with E-state index in [1.807, 2.05) is 0 Å². The monoisotopic (exact) mass is 231 g/mol. The van der Waals surface area contributed by atoms with Crippen LogP contribution in [0.2, 0.25) is 0 Å². The van der Waals surface area contributed by atoms with E-state index in [0.29, 0.717) is 0 Å². The molecule has 3 N–H and O–H groups in total. The summed E-state index contributed by atoms with van der Waals surface area (Å²) in [4.78, 5) is 0. The lowest BCUT2D eigenvalue weighted by molar-refractivity contribution is -0.173. The first-order valence-electron chi connectivity index (χ1n) is 4.44. The highest BCUT2D eigenvalue weighted by molar-refractivity contribution is 4.80. The molecule has 0 bridgehead atoms. The van der Waals surface area contributed by atoms with Gasteiger partial charge in [-0.25, -0.2) is 0 Å². The lowest BCUT2D eigenvalue weighted by Crippen LogP contribution is -2.50. The second kappa shape index (κ2) is 6.26.